The van der Waals surface area contributed by atoms with Crippen molar-refractivity contribution >= 4 is 11.3 Å². The molecule has 2 aromatic heterocycles. The predicted octanol–water partition coefficient (Wildman–Crippen LogP) is 3.52. The van der Waals surface area contributed by atoms with E-state index in [2.05, 4.69) is 16.2 Å². The summed E-state index contributed by atoms with van der Waals surface area (Å²) in [5.74, 6) is -0.754. The second-order valence-corrected chi connectivity index (χ2v) is 7.40. The molecule has 4 rings (SSSR count). The Bertz CT molecular complexity index is 1420. The maximum Gasteiger partial charge on any atom is 0.350 e. The van der Waals surface area contributed by atoms with Crippen LogP contribution in [-0.4, -0.2) is 19.3 Å². The first kappa shape index (κ1) is 20.0. The van der Waals surface area contributed by atoms with Gasteiger partial charge in [-0.3, -0.25) is 4.57 Å². The van der Waals surface area contributed by atoms with Gasteiger partial charge in [0.1, 0.15) is 12.4 Å². The highest BCUT2D eigenvalue weighted by atomic mass is 32.1. The number of nitrogens with zero attached hydrogens (tertiary/aromatic N) is 6. The molecular formula is C21H13FN6O2S. The van der Waals surface area contributed by atoms with Crippen molar-refractivity contribution in [1.82, 2.24) is 19.3 Å². The summed E-state index contributed by atoms with van der Waals surface area (Å²) in [5, 5.41) is 22.7. The van der Waals surface area contributed by atoms with Crippen LogP contribution in [0.15, 0.2) is 53.6 Å². The van der Waals surface area contributed by atoms with E-state index < -0.39 is 11.5 Å². The maximum atomic E-state index is 14.6. The molecule has 0 spiro atoms. The molecule has 2 aromatic carbocycles. The molecule has 0 amide bonds. The first-order chi connectivity index (χ1) is 15.0. The fourth-order valence-corrected chi connectivity index (χ4v) is 3.63. The van der Waals surface area contributed by atoms with Gasteiger partial charge in [0.25, 0.3) is 0 Å². The maximum absolute atomic E-state index is 14.6. The normalized spacial score (nSPS) is 10.5. The zero-order valence-electron chi connectivity index (χ0n) is 16.1. The fourth-order valence-electron chi connectivity index (χ4n) is 2.90. The van der Waals surface area contributed by atoms with Crippen LogP contribution in [0.3, 0.4) is 0 Å². The Morgan fingerprint density at radius 3 is 2.71 bits per heavy atom. The van der Waals surface area contributed by atoms with Crippen molar-refractivity contribution in [1.29, 1.82) is 10.5 Å². The van der Waals surface area contributed by atoms with Gasteiger partial charge in [-0.2, -0.15) is 20.3 Å². The molecular weight excluding hydrogens is 419 g/mol. The molecule has 0 N–H and O–H groups in total. The van der Waals surface area contributed by atoms with Gasteiger partial charge in [0, 0.05) is 6.07 Å². The van der Waals surface area contributed by atoms with Gasteiger partial charge in [-0.1, -0.05) is 29.5 Å². The Labute approximate surface area is 179 Å². The fraction of sp³-hybridized carbons (Fsp3) is 0.0952. The molecule has 8 nitrogen and oxygen atoms in total. The highest BCUT2D eigenvalue weighted by Gasteiger charge is 2.15. The Balaban J connectivity index is 1.60. The van der Waals surface area contributed by atoms with Crippen molar-refractivity contribution in [3.63, 3.8) is 0 Å². The third kappa shape index (κ3) is 3.92. The Morgan fingerprint density at radius 2 is 2.00 bits per heavy atom. The minimum Gasteiger partial charge on any atom is -0.442 e. The monoisotopic (exact) mass is 432 g/mol. The number of rotatable bonds is 5. The van der Waals surface area contributed by atoms with Crippen LogP contribution in [0.25, 0.3) is 5.69 Å². The number of ether oxygens (including phenoxy) is 1. The van der Waals surface area contributed by atoms with Crippen LogP contribution in [-0.2, 0) is 6.54 Å². The molecule has 2 heterocycles. The number of hydrogen-bond donors (Lipinski definition) is 0. The van der Waals surface area contributed by atoms with E-state index in [0.29, 0.717) is 21.9 Å². The van der Waals surface area contributed by atoms with Gasteiger partial charge in [0.05, 0.1) is 29.6 Å². The number of aromatic nitrogens is 4. The smallest absolute Gasteiger partial charge is 0.350 e. The zero-order chi connectivity index (χ0) is 22.0. The topological polar surface area (TPSA) is 110 Å². The summed E-state index contributed by atoms with van der Waals surface area (Å²) in [7, 11) is 0. The van der Waals surface area contributed by atoms with Crippen molar-refractivity contribution in [3.8, 4) is 28.6 Å². The highest BCUT2D eigenvalue weighted by molar-refractivity contribution is 7.14. The highest BCUT2D eigenvalue weighted by Crippen LogP contribution is 2.33. The molecule has 0 saturated heterocycles. The summed E-state index contributed by atoms with van der Waals surface area (Å²) in [4.78, 5) is 16.7. The van der Waals surface area contributed by atoms with Crippen LogP contribution < -0.4 is 10.4 Å². The first-order valence-electron chi connectivity index (χ1n) is 8.98. The van der Waals surface area contributed by atoms with Gasteiger partial charge in [-0.25, -0.2) is 14.2 Å². The summed E-state index contributed by atoms with van der Waals surface area (Å²) in [5.41, 5.74) is 1.38. The molecule has 0 saturated carbocycles. The quantitative estimate of drug-likeness (QED) is 0.477. The number of benzene rings is 2. The van der Waals surface area contributed by atoms with Crippen LogP contribution in [0.2, 0.25) is 0 Å². The molecule has 0 aliphatic rings. The van der Waals surface area contributed by atoms with Crippen molar-refractivity contribution in [2.45, 2.75) is 13.5 Å². The largest absolute Gasteiger partial charge is 0.442 e. The van der Waals surface area contributed by atoms with Crippen LogP contribution in [0, 0.1) is 35.4 Å². The summed E-state index contributed by atoms with van der Waals surface area (Å²) >= 11 is 1.02. The lowest BCUT2D eigenvalue weighted by atomic mass is 10.1. The van der Waals surface area contributed by atoms with E-state index in [4.69, 9.17) is 10.00 Å². The van der Waals surface area contributed by atoms with Gasteiger partial charge in [0.2, 0.25) is 5.06 Å². The molecule has 31 heavy (non-hydrogen) atoms. The molecule has 0 unspecified atom stereocenters. The summed E-state index contributed by atoms with van der Waals surface area (Å²) in [6, 6.07) is 15.0. The average Bonchev–Trinajstić information content (AvgIpc) is 3.32. The number of aryl methyl sites for hydroxylation is 1. The predicted molar refractivity (Wildman–Crippen MR) is 110 cm³/mol. The Kier molecular flexibility index (Phi) is 5.31. The lowest BCUT2D eigenvalue weighted by Gasteiger charge is -2.07. The summed E-state index contributed by atoms with van der Waals surface area (Å²) in [6.45, 7) is 1.83. The molecule has 0 atom stereocenters. The first-order valence-corrected chi connectivity index (χ1v) is 9.79. The molecule has 0 bridgehead atoms. The lowest BCUT2D eigenvalue weighted by Crippen LogP contribution is -2.24. The SMILES string of the molecule is Cc1nc(C#N)sc1Oc1ccc(-n2ncn(Cc3ccccc3C#N)c2=O)cc1F. The second kappa shape index (κ2) is 8.22. The summed E-state index contributed by atoms with van der Waals surface area (Å²) in [6.07, 6.45) is 1.34. The third-order valence-corrected chi connectivity index (χ3v) is 5.36. The van der Waals surface area contributed by atoms with Crippen LogP contribution >= 0.6 is 11.3 Å². The molecule has 10 heteroatoms. The lowest BCUT2D eigenvalue weighted by molar-refractivity contribution is 0.448. The van der Waals surface area contributed by atoms with Crippen LogP contribution in [0.5, 0.6) is 10.8 Å². The number of thiazole rings is 1. The molecule has 152 valence electrons. The average molecular weight is 432 g/mol. The van der Waals surface area contributed by atoms with E-state index in [1.807, 2.05) is 6.07 Å². The van der Waals surface area contributed by atoms with Gasteiger partial charge < -0.3 is 4.74 Å². The molecule has 0 aliphatic heterocycles. The van der Waals surface area contributed by atoms with E-state index >= 15 is 0 Å². The second-order valence-electron chi connectivity index (χ2n) is 6.44. The number of hydrogen-bond acceptors (Lipinski definition) is 7. The summed E-state index contributed by atoms with van der Waals surface area (Å²) < 4.78 is 22.6. The number of nitriles is 2. The minimum atomic E-state index is -0.694. The van der Waals surface area contributed by atoms with Crippen molar-refractivity contribution < 1.29 is 9.13 Å². The van der Waals surface area contributed by atoms with E-state index in [-0.39, 0.29) is 23.0 Å². The van der Waals surface area contributed by atoms with Gasteiger partial charge in [-0.15, -0.1) is 0 Å². The Hall–Kier alpha value is -4.28. The van der Waals surface area contributed by atoms with Crippen molar-refractivity contribution in [3.05, 3.63) is 86.9 Å². The van der Waals surface area contributed by atoms with E-state index in [0.717, 1.165) is 22.1 Å². The molecule has 0 fully saturated rings. The standard InChI is InChI=1S/C21H13FN6O2S/c1-13-20(31-19(10-24)26-13)30-18-7-6-16(8-17(18)22)28-21(29)27(12-25-28)11-15-5-3-2-4-14(15)9-23/h2-8,12H,11H2,1H3. The van der Waals surface area contributed by atoms with E-state index in [9.17, 15) is 14.4 Å². The van der Waals surface area contributed by atoms with Crippen molar-refractivity contribution in [2.75, 3.05) is 0 Å². The van der Waals surface area contributed by atoms with E-state index in [1.54, 1.807) is 31.2 Å². The van der Waals surface area contributed by atoms with Crippen LogP contribution in [0.1, 0.15) is 21.8 Å². The van der Waals surface area contributed by atoms with Gasteiger partial charge in [-0.05, 0) is 30.7 Å². The number of halogens is 1. The Morgan fingerprint density at radius 1 is 1.19 bits per heavy atom. The molecule has 0 aliphatic carbocycles. The van der Waals surface area contributed by atoms with Gasteiger partial charge in [0.15, 0.2) is 16.6 Å². The zero-order valence-corrected chi connectivity index (χ0v) is 16.9. The molecule has 4 aromatic rings. The van der Waals surface area contributed by atoms with Crippen LogP contribution in [0.4, 0.5) is 4.39 Å². The molecule has 0 radical (unpaired) electrons. The third-order valence-electron chi connectivity index (χ3n) is 4.42. The van der Waals surface area contributed by atoms with Crippen molar-refractivity contribution in [2.24, 2.45) is 0 Å². The van der Waals surface area contributed by atoms with Gasteiger partial charge >= 0.3 is 5.69 Å². The minimum absolute atomic E-state index is 0.0598. The van der Waals surface area contributed by atoms with E-state index in [1.165, 1.54) is 23.0 Å².